The average Bonchev–Trinajstić information content (AvgIpc) is 3.10. The molecule has 168 valence electrons. The zero-order chi connectivity index (χ0) is 22.5. The first-order valence-corrected chi connectivity index (χ1v) is 11.6. The highest BCUT2D eigenvalue weighted by Crippen LogP contribution is 2.35. The minimum Gasteiger partial charge on any atom is -0.481 e. The first kappa shape index (κ1) is 23.2. The number of fused-ring (bicyclic) bond motifs is 1. The van der Waals surface area contributed by atoms with Crippen LogP contribution in [0.2, 0.25) is 0 Å². The van der Waals surface area contributed by atoms with Crippen molar-refractivity contribution in [1.82, 2.24) is 14.5 Å². The lowest BCUT2D eigenvalue weighted by molar-refractivity contribution is -0.141. The van der Waals surface area contributed by atoms with Crippen LogP contribution in [0.4, 0.5) is 5.82 Å². The van der Waals surface area contributed by atoms with Gasteiger partial charge in [0, 0.05) is 36.5 Å². The SMILES string of the molecule is CCCC(C/C(C)=N\c1nc2n(c1C(C)c1ccc(C(C)C)nc1)CCCC2)C(=O)O. The van der Waals surface area contributed by atoms with E-state index in [9.17, 15) is 9.90 Å². The van der Waals surface area contributed by atoms with Crippen LogP contribution in [-0.4, -0.2) is 31.3 Å². The molecule has 2 unspecified atom stereocenters. The Morgan fingerprint density at radius 3 is 2.65 bits per heavy atom. The van der Waals surface area contributed by atoms with Gasteiger partial charge in [-0.05, 0) is 50.2 Å². The fourth-order valence-electron chi connectivity index (χ4n) is 4.42. The summed E-state index contributed by atoms with van der Waals surface area (Å²) < 4.78 is 2.33. The summed E-state index contributed by atoms with van der Waals surface area (Å²) in [5.74, 6) is 1.22. The van der Waals surface area contributed by atoms with Crippen LogP contribution in [0.25, 0.3) is 0 Å². The number of carboxylic acid groups (broad SMARTS) is 1. The molecule has 3 heterocycles. The van der Waals surface area contributed by atoms with E-state index in [1.807, 2.05) is 20.0 Å². The van der Waals surface area contributed by atoms with Gasteiger partial charge in [0.1, 0.15) is 5.82 Å². The summed E-state index contributed by atoms with van der Waals surface area (Å²) in [5.41, 5.74) is 4.20. The van der Waals surface area contributed by atoms with Crippen LogP contribution >= 0.6 is 0 Å². The van der Waals surface area contributed by atoms with Crippen LogP contribution in [0.15, 0.2) is 23.3 Å². The summed E-state index contributed by atoms with van der Waals surface area (Å²) in [7, 11) is 0. The summed E-state index contributed by atoms with van der Waals surface area (Å²) in [6.07, 6.45) is 7.22. The Labute approximate surface area is 185 Å². The number of aryl methyl sites for hydroxylation is 1. The molecule has 0 saturated carbocycles. The molecule has 1 N–H and O–H groups in total. The van der Waals surface area contributed by atoms with E-state index < -0.39 is 5.97 Å². The van der Waals surface area contributed by atoms with Crippen LogP contribution in [0.5, 0.6) is 0 Å². The maximum absolute atomic E-state index is 11.6. The summed E-state index contributed by atoms with van der Waals surface area (Å²) in [6, 6.07) is 4.28. The zero-order valence-corrected chi connectivity index (χ0v) is 19.6. The Morgan fingerprint density at radius 2 is 2.03 bits per heavy atom. The van der Waals surface area contributed by atoms with Gasteiger partial charge in [0.25, 0.3) is 0 Å². The molecule has 0 amide bonds. The molecule has 6 heteroatoms. The second kappa shape index (κ2) is 10.2. The van der Waals surface area contributed by atoms with Gasteiger partial charge < -0.3 is 9.67 Å². The Bertz CT molecular complexity index is 928. The minimum atomic E-state index is -0.745. The molecule has 0 saturated heterocycles. The highest BCUT2D eigenvalue weighted by atomic mass is 16.4. The van der Waals surface area contributed by atoms with Crippen molar-refractivity contribution >= 4 is 17.5 Å². The van der Waals surface area contributed by atoms with Crippen molar-refractivity contribution < 1.29 is 9.90 Å². The number of carboxylic acids is 1. The van der Waals surface area contributed by atoms with Gasteiger partial charge in [0.2, 0.25) is 0 Å². The summed E-state index contributed by atoms with van der Waals surface area (Å²) in [5, 5.41) is 9.52. The molecule has 0 aliphatic carbocycles. The number of nitrogens with zero attached hydrogens (tertiary/aromatic N) is 4. The van der Waals surface area contributed by atoms with Gasteiger partial charge >= 0.3 is 5.97 Å². The zero-order valence-electron chi connectivity index (χ0n) is 19.6. The molecule has 0 bridgehead atoms. The molecule has 2 atom stereocenters. The van der Waals surface area contributed by atoms with Gasteiger partial charge in [-0.25, -0.2) is 9.98 Å². The first-order valence-electron chi connectivity index (χ1n) is 11.6. The van der Waals surface area contributed by atoms with Crippen molar-refractivity contribution in [2.45, 2.75) is 91.5 Å². The highest BCUT2D eigenvalue weighted by molar-refractivity contribution is 5.88. The third-order valence-corrected chi connectivity index (χ3v) is 6.23. The Balaban J connectivity index is 1.96. The van der Waals surface area contributed by atoms with Gasteiger partial charge in [-0.3, -0.25) is 9.78 Å². The predicted octanol–water partition coefficient (Wildman–Crippen LogP) is 5.87. The molecular formula is C25H36N4O2. The largest absolute Gasteiger partial charge is 0.481 e. The molecule has 3 rings (SSSR count). The fraction of sp³-hybridized carbons (Fsp3) is 0.600. The number of aliphatic imine (C=N–C) groups is 1. The third kappa shape index (κ3) is 5.41. The Hall–Kier alpha value is -2.50. The predicted molar refractivity (Wildman–Crippen MR) is 124 cm³/mol. The van der Waals surface area contributed by atoms with E-state index in [2.05, 4.69) is 42.5 Å². The van der Waals surface area contributed by atoms with Gasteiger partial charge in [0.15, 0.2) is 5.82 Å². The van der Waals surface area contributed by atoms with E-state index in [4.69, 9.17) is 9.98 Å². The van der Waals surface area contributed by atoms with Crippen LogP contribution in [0, 0.1) is 5.92 Å². The van der Waals surface area contributed by atoms with E-state index in [0.717, 1.165) is 66.5 Å². The highest BCUT2D eigenvalue weighted by Gasteiger charge is 2.25. The molecular weight excluding hydrogens is 388 g/mol. The van der Waals surface area contributed by atoms with Crippen molar-refractivity contribution in [3.63, 3.8) is 0 Å². The number of aliphatic carboxylic acids is 1. The number of hydrogen-bond acceptors (Lipinski definition) is 4. The molecule has 1 aliphatic heterocycles. The lowest BCUT2D eigenvalue weighted by atomic mass is 9.96. The average molecular weight is 425 g/mol. The molecule has 0 radical (unpaired) electrons. The monoisotopic (exact) mass is 424 g/mol. The minimum absolute atomic E-state index is 0.116. The number of imidazole rings is 1. The second-order valence-electron chi connectivity index (χ2n) is 9.11. The Morgan fingerprint density at radius 1 is 1.26 bits per heavy atom. The van der Waals surface area contributed by atoms with Crippen LogP contribution in [0.3, 0.4) is 0 Å². The van der Waals surface area contributed by atoms with E-state index >= 15 is 0 Å². The number of rotatable bonds is 9. The lowest BCUT2D eigenvalue weighted by Crippen LogP contribution is -2.16. The Kier molecular flexibility index (Phi) is 7.63. The molecule has 31 heavy (non-hydrogen) atoms. The van der Waals surface area contributed by atoms with Gasteiger partial charge in [-0.2, -0.15) is 0 Å². The van der Waals surface area contributed by atoms with Crippen molar-refractivity contribution in [3.8, 4) is 0 Å². The van der Waals surface area contributed by atoms with Gasteiger partial charge in [0.05, 0.1) is 11.6 Å². The molecule has 1 aliphatic rings. The summed E-state index contributed by atoms with van der Waals surface area (Å²) >= 11 is 0. The van der Waals surface area contributed by atoms with Crippen molar-refractivity contribution in [2.24, 2.45) is 10.9 Å². The quantitative estimate of drug-likeness (QED) is 0.510. The van der Waals surface area contributed by atoms with E-state index in [1.54, 1.807) is 0 Å². The lowest BCUT2D eigenvalue weighted by Gasteiger charge is -2.20. The maximum atomic E-state index is 11.6. The summed E-state index contributed by atoms with van der Waals surface area (Å²) in [4.78, 5) is 26.0. The molecule has 2 aromatic heterocycles. The van der Waals surface area contributed by atoms with Crippen molar-refractivity contribution in [2.75, 3.05) is 0 Å². The molecule has 6 nitrogen and oxygen atoms in total. The summed E-state index contributed by atoms with van der Waals surface area (Å²) in [6.45, 7) is 11.4. The smallest absolute Gasteiger partial charge is 0.306 e. The number of aromatic nitrogens is 3. The molecule has 0 fully saturated rings. The van der Waals surface area contributed by atoms with Crippen molar-refractivity contribution in [3.05, 3.63) is 41.1 Å². The van der Waals surface area contributed by atoms with Crippen LogP contribution < -0.4 is 0 Å². The third-order valence-electron chi connectivity index (χ3n) is 6.23. The van der Waals surface area contributed by atoms with E-state index in [-0.39, 0.29) is 11.8 Å². The first-order chi connectivity index (χ1) is 14.8. The van der Waals surface area contributed by atoms with Gasteiger partial charge in [-0.15, -0.1) is 0 Å². The fourth-order valence-corrected chi connectivity index (χ4v) is 4.42. The van der Waals surface area contributed by atoms with Crippen molar-refractivity contribution in [1.29, 1.82) is 0 Å². The number of hydrogen-bond donors (Lipinski definition) is 1. The topological polar surface area (TPSA) is 80.4 Å². The van der Waals surface area contributed by atoms with E-state index in [0.29, 0.717) is 18.8 Å². The second-order valence-corrected chi connectivity index (χ2v) is 9.11. The van der Waals surface area contributed by atoms with Gasteiger partial charge in [-0.1, -0.05) is 40.2 Å². The van der Waals surface area contributed by atoms with E-state index in [1.165, 1.54) is 0 Å². The van der Waals surface area contributed by atoms with Crippen LogP contribution in [-0.2, 0) is 17.8 Å². The van der Waals surface area contributed by atoms with Crippen LogP contribution in [0.1, 0.15) is 101 Å². The number of carbonyl (C=O) groups is 1. The normalized spacial score (nSPS) is 16.3. The standard InChI is InChI=1S/C25H36N4O2/c1-6-9-19(25(30)31)14-17(4)27-24-23(29-13-8-7-10-22(29)28-24)18(5)20-11-12-21(16(2)3)26-15-20/h11-12,15-16,18-19H,6-10,13-14H2,1-5H3,(H,30,31)/b27-17-. The number of pyridine rings is 1. The maximum Gasteiger partial charge on any atom is 0.306 e. The molecule has 2 aromatic rings. The molecule has 0 aromatic carbocycles. The molecule has 0 spiro atoms.